The number of pyridine rings is 1. The first-order valence-electron chi connectivity index (χ1n) is 3.71. The first-order valence-corrected chi connectivity index (χ1v) is 3.71. The van der Waals surface area contributed by atoms with E-state index in [1.54, 1.807) is 0 Å². The Hall–Kier alpha value is -2.42. The van der Waals surface area contributed by atoms with Crippen molar-refractivity contribution in [2.45, 2.75) is 0 Å². The molecular formula is C9H5FN2O3. The van der Waals surface area contributed by atoms with E-state index in [9.17, 15) is 14.0 Å². The van der Waals surface area contributed by atoms with Crippen molar-refractivity contribution in [1.29, 1.82) is 0 Å². The van der Waals surface area contributed by atoms with Crippen molar-refractivity contribution in [3.05, 3.63) is 29.3 Å². The van der Waals surface area contributed by atoms with Crippen LogP contribution in [0.25, 0.3) is 0 Å². The smallest absolute Gasteiger partial charge is 0.340 e. The number of primary amides is 1. The summed E-state index contributed by atoms with van der Waals surface area (Å²) in [7, 11) is 0. The van der Waals surface area contributed by atoms with Crippen LogP contribution in [-0.2, 0) is 4.79 Å². The van der Waals surface area contributed by atoms with Gasteiger partial charge in [0.2, 0.25) is 5.95 Å². The second kappa shape index (κ2) is 4.19. The molecule has 0 atom stereocenters. The largest absolute Gasteiger partial charge is 0.478 e. The number of hydrogen-bond acceptors (Lipinski definition) is 3. The number of carboxylic acid groups (broad SMARTS) is 1. The van der Waals surface area contributed by atoms with Gasteiger partial charge in [-0.2, -0.15) is 4.39 Å². The maximum absolute atomic E-state index is 12.8. The predicted molar refractivity (Wildman–Crippen MR) is 47.2 cm³/mol. The summed E-state index contributed by atoms with van der Waals surface area (Å²) in [6.07, 6.45) is 1.01. The third-order valence-electron chi connectivity index (χ3n) is 1.40. The molecule has 0 aliphatic heterocycles. The molecule has 0 saturated heterocycles. The van der Waals surface area contributed by atoms with E-state index in [4.69, 9.17) is 10.8 Å². The summed E-state index contributed by atoms with van der Waals surface area (Å²) >= 11 is 0. The summed E-state index contributed by atoms with van der Waals surface area (Å²) in [5.41, 5.74) is 4.24. The Morgan fingerprint density at radius 2 is 2.20 bits per heavy atom. The molecule has 1 heterocycles. The Morgan fingerprint density at radius 1 is 1.53 bits per heavy atom. The molecule has 0 saturated carbocycles. The van der Waals surface area contributed by atoms with Gasteiger partial charge in [-0.25, -0.2) is 9.78 Å². The summed E-state index contributed by atoms with van der Waals surface area (Å²) in [4.78, 5) is 24.0. The van der Waals surface area contributed by atoms with Crippen LogP contribution in [0.2, 0.25) is 0 Å². The lowest BCUT2D eigenvalue weighted by atomic mass is 10.2. The second-order valence-corrected chi connectivity index (χ2v) is 2.48. The molecule has 0 aromatic carbocycles. The van der Waals surface area contributed by atoms with Crippen LogP contribution in [0, 0.1) is 17.8 Å². The van der Waals surface area contributed by atoms with Crippen LogP contribution in [0.1, 0.15) is 15.9 Å². The lowest BCUT2D eigenvalue weighted by Crippen LogP contribution is -2.06. The molecule has 0 fully saturated rings. The fraction of sp³-hybridized carbons (Fsp3) is 0. The minimum atomic E-state index is -1.46. The number of halogens is 1. The molecule has 76 valence electrons. The topological polar surface area (TPSA) is 93.3 Å². The molecule has 0 spiro atoms. The van der Waals surface area contributed by atoms with Gasteiger partial charge in [-0.05, 0) is 6.07 Å². The first-order chi connectivity index (χ1) is 7.00. The van der Waals surface area contributed by atoms with Gasteiger partial charge in [0.1, 0.15) is 5.56 Å². The van der Waals surface area contributed by atoms with Crippen LogP contribution in [-0.4, -0.2) is 22.0 Å². The highest BCUT2D eigenvalue weighted by Gasteiger charge is 2.11. The van der Waals surface area contributed by atoms with Gasteiger partial charge in [0, 0.05) is 17.7 Å². The number of nitrogens with zero attached hydrogens (tertiary/aromatic N) is 1. The maximum Gasteiger partial charge on any atom is 0.340 e. The van der Waals surface area contributed by atoms with Crippen LogP contribution in [0.15, 0.2) is 12.3 Å². The summed E-state index contributed by atoms with van der Waals surface area (Å²) in [6.45, 7) is 0. The third-order valence-corrected chi connectivity index (χ3v) is 1.40. The third kappa shape index (κ3) is 2.77. The number of amides is 1. The zero-order valence-corrected chi connectivity index (χ0v) is 7.32. The Morgan fingerprint density at radius 3 is 2.73 bits per heavy atom. The molecule has 0 aliphatic rings. The zero-order valence-electron chi connectivity index (χ0n) is 7.32. The average molecular weight is 208 g/mol. The quantitative estimate of drug-likeness (QED) is 0.491. The Bertz CT molecular complexity index is 488. The Labute approximate surface area is 83.7 Å². The van der Waals surface area contributed by atoms with Crippen LogP contribution in [0.4, 0.5) is 4.39 Å². The van der Waals surface area contributed by atoms with Crippen molar-refractivity contribution in [1.82, 2.24) is 4.98 Å². The van der Waals surface area contributed by atoms with E-state index in [0.29, 0.717) is 0 Å². The van der Waals surface area contributed by atoms with Gasteiger partial charge >= 0.3 is 5.97 Å². The van der Waals surface area contributed by atoms with Crippen molar-refractivity contribution in [3.63, 3.8) is 0 Å². The molecule has 6 heteroatoms. The summed E-state index contributed by atoms with van der Waals surface area (Å²) < 4.78 is 12.8. The Kier molecular flexibility index (Phi) is 2.98. The van der Waals surface area contributed by atoms with Gasteiger partial charge in [0.25, 0.3) is 5.91 Å². The number of aromatic carboxylic acids is 1. The maximum atomic E-state index is 12.8. The monoisotopic (exact) mass is 208 g/mol. The van der Waals surface area contributed by atoms with E-state index in [1.807, 2.05) is 5.92 Å². The SMILES string of the molecule is NC(=O)C#Cc1cnc(F)c(C(=O)O)c1. The zero-order chi connectivity index (χ0) is 11.4. The number of nitrogens with two attached hydrogens (primary N) is 1. The van der Waals surface area contributed by atoms with Crippen molar-refractivity contribution >= 4 is 11.9 Å². The van der Waals surface area contributed by atoms with Gasteiger partial charge in [0.15, 0.2) is 0 Å². The fourth-order valence-corrected chi connectivity index (χ4v) is 0.800. The summed E-state index contributed by atoms with van der Waals surface area (Å²) in [5.74, 6) is 0.805. The van der Waals surface area contributed by atoms with Gasteiger partial charge in [-0.1, -0.05) is 5.92 Å². The molecule has 0 radical (unpaired) electrons. The van der Waals surface area contributed by atoms with Gasteiger partial charge in [0.05, 0.1) is 0 Å². The molecule has 1 aromatic rings. The number of aromatic nitrogens is 1. The highest BCUT2D eigenvalue weighted by atomic mass is 19.1. The molecule has 0 unspecified atom stereocenters. The highest BCUT2D eigenvalue weighted by molar-refractivity contribution is 5.93. The average Bonchev–Trinajstić information content (AvgIpc) is 2.16. The number of rotatable bonds is 1. The van der Waals surface area contributed by atoms with Crippen LogP contribution in [0.3, 0.4) is 0 Å². The summed E-state index contributed by atoms with van der Waals surface area (Å²) in [5, 5.41) is 8.55. The molecule has 1 amide bonds. The van der Waals surface area contributed by atoms with E-state index in [-0.39, 0.29) is 5.56 Å². The number of carboxylic acids is 1. The molecule has 0 aliphatic carbocycles. The molecule has 15 heavy (non-hydrogen) atoms. The molecular weight excluding hydrogens is 203 g/mol. The molecule has 1 aromatic heterocycles. The predicted octanol–water partition coefficient (Wildman–Crippen LogP) is -0.244. The van der Waals surface area contributed by atoms with Crippen LogP contribution in [0.5, 0.6) is 0 Å². The number of hydrogen-bond donors (Lipinski definition) is 2. The standard InChI is InChI=1S/C9H5FN2O3/c10-8-6(9(14)15)3-5(4-12-8)1-2-7(11)13/h3-4H,(H2,11,13)(H,14,15). The number of carbonyl (C=O) groups excluding carboxylic acids is 1. The van der Waals surface area contributed by atoms with Crippen LogP contribution < -0.4 is 5.73 Å². The lowest BCUT2D eigenvalue weighted by molar-refractivity contribution is -0.112. The molecule has 1 rings (SSSR count). The van der Waals surface area contributed by atoms with E-state index < -0.39 is 23.4 Å². The van der Waals surface area contributed by atoms with E-state index >= 15 is 0 Å². The van der Waals surface area contributed by atoms with E-state index in [0.717, 1.165) is 12.3 Å². The lowest BCUT2D eigenvalue weighted by Gasteiger charge is -1.96. The van der Waals surface area contributed by atoms with Crippen LogP contribution >= 0.6 is 0 Å². The molecule has 3 N–H and O–H groups in total. The van der Waals surface area contributed by atoms with Crippen molar-refractivity contribution in [2.75, 3.05) is 0 Å². The van der Waals surface area contributed by atoms with Crippen molar-refractivity contribution < 1.29 is 19.1 Å². The second-order valence-electron chi connectivity index (χ2n) is 2.48. The minimum absolute atomic E-state index is 0.104. The van der Waals surface area contributed by atoms with E-state index in [1.165, 1.54) is 0 Å². The summed E-state index contributed by atoms with van der Waals surface area (Å²) in [6, 6.07) is 0.973. The fourth-order valence-electron chi connectivity index (χ4n) is 0.800. The van der Waals surface area contributed by atoms with Crippen molar-refractivity contribution in [3.8, 4) is 11.8 Å². The molecule has 0 bridgehead atoms. The normalized spacial score (nSPS) is 8.87. The van der Waals surface area contributed by atoms with Crippen molar-refractivity contribution in [2.24, 2.45) is 5.73 Å². The first kappa shape index (κ1) is 10.7. The number of carbonyl (C=O) groups is 2. The molecule has 5 nitrogen and oxygen atoms in total. The van der Waals surface area contributed by atoms with Gasteiger partial charge in [-0.3, -0.25) is 4.79 Å². The minimum Gasteiger partial charge on any atom is -0.478 e. The van der Waals surface area contributed by atoms with Gasteiger partial charge in [-0.15, -0.1) is 0 Å². The highest BCUT2D eigenvalue weighted by Crippen LogP contribution is 2.06. The Balaban J connectivity index is 3.15. The van der Waals surface area contributed by atoms with E-state index in [2.05, 4.69) is 10.9 Å². The van der Waals surface area contributed by atoms with Gasteiger partial charge < -0.3 is 10.8 Å².